The van der Waals surface area contributed by atoms with Gasteiger partial charge in [-0.05, 0) is 47.3 Å². The predicted molar refractivity (Wildman–Crippen MR) is 107 cm³/mol. The molecule has 7 nitrogen and oxygen atoms in total. The zero-order chi connectivity index (χ0) is 18.1. The molecule has 0 aliphatic rings. The Bertz CT molecular complexity index is 1220. The number of H-pyrrole nitrogens is 2. The molecule has 5 aromatic rings. The van der Waals surface area contributed by atoms with Crippen molar-refractivity contribution in [1.29, 1.82) is 0 Å². The summed E-state index contributed by atoms with van der Waals surface area (Å²) in [5, 5.41) is 15.9. The minimum Gasteiger partial charge on any atom is -0.366 e. The molecule has 0 unspecified atom stereocenters. The maximum atomic E-state index is 4.56. The average Bonchev–Trinajstić information content (AvgIpc) is 3.36. The fraction of sp³-hybridized carbons (Fsp3) is 0.0500. The third-order valence-electron chi connectivity index (χ3n) is 4.48. The van der Waals surface area contributed by atoms with E-state index in [1.807, 2.05) is 30.5 Å². The van der Waals surface area contributed by atoms with E-state index in [2.05, 4.69) is 60.0 Å². The quantitative estimate of drug-likeness (QED) is 0.379. The number of fused-ring (bicyclic) bond motifs is 2. The molecule has 132 valence electrons. The number of nitrogens with zero attached hydrogens (tertiary/aromatic N) is 3. The molecule has 0 aliphatic heterocycles. The van der Waals surface area contributed by atoms with Crippen molar-refractivity contribution in [3.05, 3.63) is 72.7 Å². The number of anilines is 3. The van der Waals surface area contributed by atoms with Gasteiger partial charge in [-0.25, -0.2) is 4.98 Å². The molecule has 0 aliphatic carbocycles. The second kappa shape index (κ2) is 6.45. The molecule has 4 N–H and O–H groups in total. The lowest BCUT2D eigenvalue weighted by molar-refractivity contribution is 1.09. The highest BCUT2D eigenvalue weighted by molar-refractivity contribution is 5.92. The Morgan fingerprint density at radius 3 is 3.00 bits per heavy atom. The van der Waals surface area contributed by atoms with Gasteiger partial charge in [0.2, 0.25) is 5.95 Å². The summed E-state index contributed by atoms with van der Waals surface area (Å²) in [6.07, 6.45) is 5.48. The summed E-state index contributed by atoms with van der Waals surface area (Å²) < 4.78 is 0. The van der Waals surface area contributed by atoms with E-state index >= 15 is 0 Å². The fourth-order valence-electron chi connectivity index (χ4n) is 3.12. The van der Waals surface area contributed by atoms with E-state index < -0.39 is 0 Å². The van der Waals surface area contributed by atoms with Gasteiger partial charge in [-0.3, -0.25) is 5.10 Å². The van der Waals surface area contributed by atoms with Crippen molar-refractivity contribution >= 4 is 39.3 Å². The molecule has 0 atom stereocenters. The van der Waals surface area contributed by atoms with E-state index in [4.69, 9.17) is 0 Å². The highest BCUT2D eigenvalue weighted by Crippen LogP contribution is 2.24. The predicted octanol–water partition coefficient (Wildman–Crippen LogP) is 4.19. The molecule has 0 bridgehead atoms. The topological polar surface area (TPSA) is 94.3 Å². The van der Waals surface area contributed by atoms with Crippen molar-refractivity contribution < 1.29 is 0 Å². The van der Waals surface area contributed by atoms with Crippen LogP contribution in [-0.2, 0) is 6.54 Å². The highest BCUT2D eigenvalue weighted by Gasteiger charge is 2.05. The number of hydrogen-bond acceptors (Lipinski definition) is 5. The average molecular weight is 355 g/mol. The second-order valence-electron chi connectivity index (χ2n) is 6.28. The zero-order valence-corrected chi connectivity index (χ0v) is 14.4. The second-order valence-corrected chi connectivity index (χ2v) is 6.28. The van der Waals surface area contributed by atoms with Crippen molar-refractivity contribution in [2.75, 3.05) is 10.6 Å². The lowest BCUT2D eigenvalue weighted by Gasteiger charge is -2.09. The smallest absolute Gasteiger partial charge is 0.229 e. The van der Waals surface area contributed by atoms with Gasteiger partial charge in [-0.2, -0.15) is 10.1 Å². The largest absolute Gasteiger partial charge is 0.366 e. The SMILES string of the molecule is c1cc(Nc2nccc(NCc3ccc4[nH]ccc4c3)n2)c2cn[nH]c2c1. The Balaban J connectivity index is 1.33. The van der Waals surface area contributed by atoms with Crippen LogP contribution in [0.15, 0.2) is 67.1 Å². The number of hydrogen-bond donors (Lipinski definition) is 4. The number of benzene rings is 2. The number of aromatic nitrogens is 5. The molecule has 3 heterocycles. The first-order chi connectivity index (χ1) is 13.3. The number of aromatic amines is 2. The van der Waals surface area contributed by atoms with Crippen LogP contribution in [0.25, 0.3) is 21.8 Å². The number of rotatable bonds is 5. The molecule has 27 heavy (non-hydrogen) atoms. The normalized spacial score (nSPS) is 11.1. The van der Waals surface area contributed by atoms with Crippen LogP contribution in [0.5, 0.6) is 0 Å². The third-order valence-corrected chi connectivity index (χ3v) is 4.48. The first-order valence-corrected chi connectivity index (χ1v) is 8.67. The summed E-state index contributed by atoms with van der Waals surface area (Å²) in [5.41, 5.74) is 4.21. The maximum Gasteiger partial charge on any atom is 0.229 e. The lowest BCUT2D eigenvalue weighted by Crippen LogP contribution is -2.04. The van der Waals surface area contributed by atoms with E-state index in [-0.39, 0.29) is 0 Å². The van der Waals surface area contributed by atoms with Crippen LogP contribution < -0.4 is 10.6 Å². The monoisotopic (exact) mass is 355 g/mol. The van der Waals surface area contributed by atoms with Gasteiger partial charge in [0.05, 0.1) is 17.4 Å². The highest BCUT2D eigenvalue weighted by atomic mass is 15.1. The third kappa shape index (κ3) is 3.06. The molecule has 5 rings (SSSR count). The standard InChI is InChI=1S/C20H17N7/c1-2-17(15-12-24-27-18(15)3-1)25-20-22-9-7-19(26-20)23-11-13-4-5-16-14(10-13)6-8-21-16/h1-10,12,21H,11H2,(H,24,27)(H2,22,23,25,26). The van der Waals surface area contributed by atoms with Crippen molar-refractivity contribution in [1.82, 2.24) is 25.1 Å². The summed E-state index contributed by atoms with van der Waals surface area (Å²) in [7, 11) is 0. The minimum absolute atomic E-state index is 0.537. The van der Waals surface area contributed by atoms with Crippen LogP contribution in [0, 0.1) is 0 Å². The molecule has 0 amide bonds. The summed E-state index contributed by atoms with van der Waals surface area (Å²) in [4.78, 5) is 12.1. The van der Waals surface area contributed by atoms with Crippen LogP contribution in [-0.4, -0.2) is 25.1 Å². The Hall–Kier alpha value is -3.87. The molecule has 0 fully saturated rings. The molecule has 0 saturated carbocycles. The van der Waals surface area contributed by atoms with Crippen molar-refractivity contribution in [3.8, 4) is 0 Å². The van der Waals surface area contributed by atoms with Crippen LogP contribution >= 0.6 is 0 Å². The Kier molecular flexibility index (Phi) is 3.68. The Morgan fingerprint density at radius 2 is 2.00 bits per heavy atom. The van der Waals surface area contributed by atoms with Crippen molar-refractivity contribution in [2.24, 2.45) is 0 Å². The van der Waals surface area contributed by atoms with Gasteiger partial charge in [0, 0.05) is 29.8 Å². The van der Waals surface area contributed by atoms with Crippen molar-refractivity contribution in [2.45, 2.75) is 6.54 Å². The van der Waals surface area contributed by atoms with Gasteiger partial charge in [0.15, 0.2) is 0 Å². The van der Waals surface area contributed by atoms with Gasteiger partial charge in [-0.1, -0.05) is 12.1 Å². The summed E-state index contributed by atoms with van der Waals surface area (Å²) >= 11 is 0. The van der Waals surface area contributed by atoms with Gasteiger partial charge in [0.1, 0.15) is 5.82 Å². The Morgan fingerprint density at radius 1 is 1.00 bits per heavy atom. The summed E-state index contributed by atoms with van der Waals surface area (Å²) in [5.74, 6) is 1.30. The first-order valence-electron chi connectivity index (χ1n) is 8.67. The van der Waals surface area contributed by atoms with Gasteiger partial charge >= 0.3 is 0 Å². The molecular weight excluding hydrogens is 338 g/mol. The molecule has 0 radical (unpaired) electrons. The van der Waals surface area contributed by atoms with E-state index in [1.165, 1.54) is 10.9 Å². The van der Waals surface area contributed by atoms with Gasteiger partial charge in [-0.15, -0.1) is 0 Å². The molecular formula is C20H17N7. The van der Waals surface area contributed by atoms with Gasteiger partial charge < -0.3 is 15.6 Å². The van der Waals surface area contributed by atoms with E-state index in [1.54, 1.807) is 12.4 Å². The van der Waals surface area contributed by atoms with Crippen LogP contribution in [0.4, 0.5) is 17.5 Å². The summed E-state index contributed by atoms with van der Waals surface area (Å²) in [6.45, 7) is 0.689. The number of nitrogens with one attached hydrogen (secondary N) is 4. The zero-order valence-electron chi connectivity index (χ0n) is 14.4. The lowest BCUT2D eigenvalue weighted by atomic mass is 10.1. The minimum atomic E-state index is 0.537. The fourth-order valence-corrected chi connectivity index (χ4v) is 3.12. The van der Waals surface area contributed by atoms with Gasteiger partial charge in [0.25, 0.3) is 0 Å². The van der Waals surface area contributed by atoms with E-state index in [9.17, 15) is 0 Å². The first kappa shape index (κ1) is 15.4. The molecule has 0 spiro atoms. The van der Waals surface area contributed by atoms with E-state index in [0.29, 0.717) is 12.5 Å². The summed E-state index contributed by atoms with van der Waals surface area (Å²) in [6, 6.07) is 16.2. The molecule has 0 saturated heterocycles. The Labute approximate surface area is 154 Å². The van der Waals surface area contributed by atoms with Crippen molar-refractivity contribution in [3.63, 3.8) is 0 Å². The van der Waals surface area contributed by atoms with E-state index in [0.717, 1.165) is 27.9 Å². The van der Waals surface area contributed by atoms with Crippen LogP contribution in [0.3, 0.4) is 0 Å². The van der Waals surface area contributed by atoms with Crippen LogP contribution in [0.1, 0.15) is 5.56 Å². The maximum absolute atomic E-state index is 4.56. The van der Waals surface area contributed by atoms with Crippen LogP contribution in [0.2, 0.25) is 0 Å². The molecule has 3 aromatic heterocycles. The molecule has 7 heteroatoms. The molecule has 2 aromatic carbocycles.